The van der Waals surface area contributed by atoms with Crippen LogP contribution in [0, 0.1) is 12.7 Å². The summed E-state index contributed by atoms with van der Waals surface area (Å²) in [6.07, 6.45) is 0. The van der Waals surface area contributed by atoms with E-state index >= 15 is 0 Å². The Morgan fingerprint density at radius 2 is 1.61 bits per heavy atom. The standard InChI is InChI=1S/C30H28FNO6/c1-17-5-7-19(8-6-17)16-38-26-12-10-21(14-25(26)34)28-27(36-3)15-22(30(37-4)29(28)35)20-9-11-24(23(31)13-20)32-18(2)33/h5-15,34-35H,16H2,1-4H3,(H,32,33). The second-order valence-corrected chi connectivity index (χ2v) is 8.72. The SMILES string of the molecule is COc1cc(-c2ccc(NC(C)=O)c(F)c2)c(OC)c(O)c1-c1ccc(OCc2ccc(C)cc2)c(O)c1. The lowest BCUT2D eigenvalue weighted by Gasteiger charge is -2.19. The summed E-state index contributed by atoms with van der Waals surface area (Å²) in [4.78, 5) is 11.3. The number of anilines is 1. The highest BCUT2D eigenvalue weighted by atomic mass is 19.1. The molecule has 0 saturated carbocycles. The van der Waals surface area contributed by atoms with E-state index in [4.69, 9.17) is 14.2 Å². The molecule has 1 amide bonds. The summed E-state index contributed by atoms with van der Waals surface area (Å²) in [5.74, 6) is -0.757. The van der Waals surface area contributed by atoms with Crippen LogP contribution in [0.15, 0.2) is 66.7 Å². The van der Waals surface area contributed by atoms with Crippen molar-refractivity contribution in [3.8, 4) is 51.0 Å². The number of phenols is 2. The Balaban J connectivity index is 1.70. The minimum absolute atomic E-state index is 0.0354. The molecule has 7 nitrogen and oxygen atoms in total. The maximum atomic E-state index is 14.6. The number of rotatable bonds is 8. The monoisotopic (exact) mass is 517 g/mol. The summed E-state index contributed by atoms with van der Waals surface area (Å²) in [5.41, 5.74) is 3.65. The lowest BCUT2D eigenvalue weighted by atomic mass is 9.96. The summed E-state index contributed by atoms with van der Waals surface area (Å²) in [6, 6.07) is 18.5. The van der Waals surface area contributed by atoms with Crippen LogP contribution < -0.4 is 19.5 Å². The predicted octanol–water partition coefficient (Wildman–Crippen LogP) is 6.43. The highest BCUT2D eigenvalue weighted by Crippen LogP contribution is 2.50. The Hall–Kier alpha value is -4.72. The van der Waals surface area contributed by atoms with Gasteiger partial charge < -0.3 is 29.7 Å². The number of hydrogen-bond donors (Lipinski definition) is 3. The van der Waals surface area contributed by atoms with Crippen LogP contribution in [0.25, 0.3) is 22.3 Å². The van der Waals surface area contributed by atoms with Crippen LogP contribution in [0.4, 0.5) is 10.1 Å². The molecular formula is C30H28FNO6. The van der Waals surface area contributed by atoms with Crippen molar-refractivity contribution >= 4 is 11.6 Å². The Morgan fingerprint density at radius 3 is 2.21 bits per heavy atom. The Kier molecular flexibility index (Phi) is 7.71. The van der Waals surface area contributed by atoms with Crippen molar-refractivity contribution in [2.75, 3.05) is 19.5 Å². The number of ether oxygens (including phenoxy) is 3. The van der Waals surface area contributed by atoms with E-state index in [-0.39, 0.29) is 46.6 Å². The topological polar surface area (TPSA) is 97.3 Å². The molecule has 0 aliphatic heterocycles. The number of aromatic hydroxyl groups is 2. The van der Waals surface area contributed by atoms with Crippen LogP contribution in [-0.4, -0.2) is 30.3 Å². The van der Waals surface area contributed by atoms with E-state index in [9.17, 15) is 19.4 Å². The van der Waals surface area contributed by atoms with Crippen molar-refractivity contribution in [1.82, 2.24) is 0 Å². The van der Waals surface area contributed by atoms with Crippen molar-refractivity contribution in [3.63, 3.8) is 0 Å². The van der Waals surface area contributed by atoms with Crippen molar-refractivity contribution in [3.05, 3.63) is 83.7 Å². The highest BCUT2D eigenvalue weighted by molar-refractivity contribution is 5.91. The summed E-state index contributed by atoms with van der Waals surface area (Å²) >= 11 is 0. The third kappa shape index (κ3) is 5.49. The van der Waals surface area contributed by atoms with Gasteiger partial charge in [0.05, 0.1) is 25.5 Å². The zero-order chi connectivity index (χ0) is 27.4. The normalized spacial score (nSPS) is 10.7. The van der Waals surface area contributed by atoms with Crippen molar-refractivity contribution in [2.24, 2.45) is 0 Å². The van der Waals surface area contributed by atoms with Gasteiger partial charge in [0.25, 0.3) is 0 Å². The van der Waals surface area contributed by atoms with Gasteiger partial charge in [0.15, 0.2) is 23.0 Å². The number of aryl methyl sites for hydroxylation is 1. The summed E-state index contributed by atoms with van der Waals surface area (Å²) in [5, 5.41) is 24.3. The van der Waals surface area contributed by atoms with Gasteiger partial charge in [0, 0.05) is 12.5 Å². The Morgan fingerprint density at radius 1 is 0.895 bits per heavy atom. The third-order valence-corrected chi connectivity index (χ3v) is 6.00. The molecule has 196 valence electrons. The largest absolute Gasteiger partial charge is 0.504 e. The molecule has 38 heavy (non-hydrogen) atoms. The zero-order valence-electron chi connectivity index (χ0n) is 21.5. The molecule has 0 aliphatic carbocycles. The fourth-order valence-corrected chi connectivity index (χ4v) is 4.10. The maximum Gasteiger partial charge on any atom is 0.221 e. The van der Waals surface area contributed by atoms with E-state index in [1.54, 1.807) is 24.3 Å². The van der Waals surface area contributed by atoms with Crippen LogP contribution in [0.3, 0.4) is 0 Å². The van der Waals surface area contributed by atoms with Gasteiger partial charge in [-0.1, -0.05) is 42.0 Å². The van der Waals surface area contributed by atoms with E-state index in [1.165, 1.54) is 39.3 Å². The van der Waals surface area contributed by atoms with Crippen LogP contribution >= 0.6 is 0 Å². The van der Waals surface area contributed by atoms with E-state index < -0.39 is 11.7 Å². The van der Waals surface area contributed by atoms with Crippen LogP contribution in [-0.2, 0) is 11.4 Å². The van der Waals surface area contributed by atoms with Gasteiger partial charge in [-0.2, -0.15) is 0 Å². The van der Waals surface area contributed by atoms with Gasteiger partial charge in [0.1, 0.15) is 18.2 Å². The molecule has 3 N–H and O–H groups in total. The number of phenolic OH excluding ortho intramolecular Hbond substituents is 2. The highest BCUT2D eigenvalue weighted by Gasteiger charge is 2.23. The van der Waals surface area contributed by atoms with Gasteiger partial charge in [0.2, 0.25) is 5.91 Å². The first-order valence-electron chi connectivity index (χ1n) is 11.8. The molecule has 0 heterocycles. The molecule has 0 radical (unpaired) electrons. The molecule has 0 aromatic heterocycles. The molecule has 4 aromatic carbocycles. The van der Waals surface area contributed by atoms with Gasteiger partial charge in [-0.25, -0.2) is 4.39 Å². The molecule has 0 saturated heterocycles. The van der Waals surface area contributed by atoms with E-state index in [0.717, 1.165) is 11.1 Å². The fraction of sp³-hybridized carbons (Fsp3) is 0.167. The van der Waals surface area contributed by atoms with Crippen molar-refractivity contribution < 1.29 is 33.6 Å². The molecule has 0 bridgehead atoms. The summed E-state index contributed by atoms with van der Waals surface area (Å²) in [6.45, 7) is 3.57. The molecule has 0 spiro atoms. The first-order valence-corrected chi connectivity index (χ1v) is 11.8. The number of amides is 1. The summed E-state index contributed by atoms with van der Waals surface area (Å²) in [7, 11) is 2.82. The first-order chi connectivity index (χ1) is 18.2. The molecule has 0 fully saturated rings. The molecule has 8 heteroatoms. The molecular weight excluding hydrogens is 489 g/mol. The van der Waals surface area contributed by atoms with E-state index in [1.807, 2.05) is 31.2 Å². The van der Waals surface area contributed by atoms with Crippen molar-refractivity contribution in [2.45, 2.75) is 20.5 Å². The number of carbonyl (C=O) groups is 1. The summed E-state index contributed by atoms with van der Waals surface area (Å²) < 4.78 is 31.5. The van der Waals surface area contributed by atoms with Gasteiger partial charge in [-0.05, 0) is 53.9 Å². The average Bonchev–Trinajstić information content (AvgIpc) is 2.89. The lowest BCUT2D eigenvalue weighted by Crippen LogP contribution is -2.07. The molecule has 4 aromatic rings. The number of carbonyl (C=O) groups excluding carboxylic acids is 1. The quantitative estimate of drug-likeness (QED) is 0.249. The van der Waals surface area contributed by atoms with E-state index in [2.05, 4.69) is 5.32 Å². The number of halogens is 1. The minimum atomic E-state index is -0.645. The third-order valence-electron chi connectivity index (χ3n) is 6.00. The van der Waals surface area contributed by atoms with Gasteiger partial charge >= 0.3 is 0 Å². The average molecular weight is 518 g/mol. The molecule has 4 rings (SSSR count). The van der Waals surface area contributed by atoms with Crippen molar-refractivity contribution in [1.29, 1.82) is 0 Å². The molecule has 0 unspecified atom stereocenters. The van der Waals surface area contributed by atoms with Crippen LogP contribution in [0.1, 0.15) is 18.1 Å². The number of methoxy groups -OCH3 is 2. The molecule has 0 atom stereocenters. The number of hydrogen-bond acceptors (Lipinski definition) is 6. The molecule has 0 aliphatic rings. The Bertz CT molecular complexity index is 1480. The second kappa shape index (κ2) is 11.1. The predicted molar refractivity (Wildman–Crippen MR) is 144 cm³/mol. The minimum Gasteiger partial charge on any atom is -0.504 e. The smallest absolute Gasteiger partial charge is 0.221 e. The van der Waals surface area contributed by atoms with Gasteiger partial charge in [-0.3, -0.25) is 4.79 Å². The van der Waals surface area contributed by atoms with Crippen LogP contribution in [0.5, 0.6) is 28.7 Å². The zero-order valence-corrected chi connectivity index (χ0v) is 21.5. The van der Waals surface area contributed by atoms with E-state index in [0.29, 0.717) is 16.7 Å². The maximum absolute atomic E-state index is 14.6. The Labute approximate surface area is 220 Å². The number of nitrogens with one attached hydrogen (secondary N) is 1. The van der Waals surface area contributed by atoms with Gasteiger partial charge in [-0.15, -0.1) is 0 Å². The number of benzene rings is 4. The first kappa shape index (κ1) is 26.3. The van der Waals surface area contributed by atoms with Crippen LogP contribution in [0.2, 0.25) is 0 Å². The fourth-order valence-electron chi connectivity index (χ4n) is 4.10. The lowest BCUT2D eigenvalue weighted by molar-refractivity contribution is -0.114. The second-order valence-electron chi connectivity index (χ2n) is 8.72.